The minimum Gasteiger partial charge on any atom is -0.475 e. The van der Waals surface area contributed by atoms with Crippen molar-refractivity contribution >= 4 is 17.7 Å². The average Bonchev–Trinajstić information content (AvgIpc) is 3.00. The van der Waals surface area contributed by atoms with E-state index >= 15 is 0 Å². The van der Waals surface area contributed by atoms with E-state index in [0.717, 1.165) is 24.5 Å². The number of carboxylic acid groups (broad SMARTS) is 1. The van der Waals surface area contributed by atoms with Crippen LogP contribution in [0.25, 0.3) is 0 Å². The number of carbonyl (C=O) groups excluding carboxylic acids is 1. The van der Waals surface area contributed by atoms with Crippen LogP contribution in [0.2, 0.25) is 0 Å². The number of alkyl halides is 3. The number of hydrogen-bond acceptors (Lipinski definition) is 4. The van der Waals surface area contributed by atoms with Crippen LogP contribution in [0.5, 0.6) is 0 Å². The minimum absolute atomic E-state index is 0.0581. The molecule has 7 nitrogen and oxygen atoms in total. The molecular formula is C19H21F3N4O3. The number of pyridine rings is 1. The molecule has 0 radical (unpaired) electrons. The zero-order valence-corrected chi connectivity index (χ0v) is 15.8. The van der Waals surface area contributed by atoms with E-state index in [4.69, 9.17) is 9.90 Å². The third kappa shape index (κ3) is 5.59. The Bertz CT molecular complexity index is 880. The molecule has 0 bridgehead atoms. The fourth-order valence-corrected chi connectivity index (χ4v) is 2.82. The molecule has 0 saturated heterocycles. The Morgan fingerprint density at radius 2 is 1.97 bits per heavy atom. The number of hydrogen-bond donors (Lipinski definition) is 1. The predicted octanol–water partition coefficient (Wildman–Crippen LogP) is 2.70. The van der Waals surface area contributed by atoms with Gasteiger partial charge in [0, 0.05) is 51.2 Å². The van der Waals surface area contributed by atoms with Crippen LogP contribution in [-0.2, 0) is 18.4 Å². The second-order valence-electron chi connectivity index (χ2n) is 6.25. The van der Waals surface area contributed by atoms with E-state index in [1.54, 1.807) is 6.20 Å². The Kier molecular flexibility index (Phi) is 7.03. The summed E-state index contributed by atoms with van der Waals surface area (Å²) in [6, 6.07) is 7.71. The fourth-order valence-electron chi connectivity index (χ4n) is 2.82. The summed E-state index contributed by atoms with van der Waals surface area (Å²) in [7, 11) is 1.89. The molecule has 2 aromatic heterocycles. The van der Waals surface area contributed by atoms with Crippen LogP contribution >= 0.6 is 0 Å². The molecular weight excluding hydrogens is 389 g/mol. The number of rotatable bonds is 3. The van der Waals surface area contributed by atoms with Gasteiger partial charge < -0.3 is 19.5 Å². The molecule has 1 N–H and O–H groups in total. The van der Waals surface area contributed by atoms with Gasteiger partial charge >= 0.3 is 12.1 Å². The molecule has 10 heteroatoms. The first-order valence-corrected chi connectivity index (χ1v) is 8.65. The fraction of sp³-hybridized carbons (Fsp3) is 0.316. The lowest BCUT2D eigenvalue weighted by Crippen LogP contribution is -2.36. The van der Waals surface area contributed by atoms with Crippen molar-refractivity contribution in [2.45, 2.75) is 12.7 Å². The summed E-state index contributed by atoms with van der Waals surface area (Å²) >= 11 is 0. The van der Waals surface area contributed by atoms with Gasteiger partial charge in [-0.15, -0.1) is 6.58 Å². The summed E-state index contributed by atoms with van der Waals surface area (Å²) in [5.41, 5.74) is 1.78. The van der Waals surface area contributed by atoms with E-state index in [0.29, 0.717) is 18.8 Å². The van der Waals surface area contributed by atoms with Crippen molar-refractivity contribution in [3.63, 3.8) is 0 Å². The summed E-state index contributed by atoms with van der Waals surface area (Å²) < 4.78 is 33.6. The molecule has 0 atom stereocenters. The Labute approximate surface area is 165 Å². The topological polar surface area (TPSA) is 78.7 Å². The molecule has 1 aliphatic rings. The number of carbonyl (C=O) groups is 2. The number of aryl methyl sites for hydroxylation is 1. The van der Waals surface area contributed by atoms with E-state index in [-0.39, 0.29) is 5.91 Å². The third-order valence-corrected chi connectivity index (χ3v) is 4.21. The molecule has 1 amide bonds. The van der Waals surface area contributed by atoms with Crippen LogP contribution in [0.1, 0.15) is 16.1 Å². The number of aromatic nitrogens is 2. The number of nitrogens with zero attached hydrogens (tertiary/aromatic N) is 4. The zero-order chi connectivity index (χ0) is 21.6. The average molecular weight is 410 g/mol. The summed E-state index contributed by atoms with van der Waals surface area (Å²) in [6.07, 6.45) is 0.474. The minimum atomic E-state index is -5.08. The normalized spacial score (nSPS) is 13.7. The molecule has 0 spiro atoms. The molecule has 29 heavy (non-hydrogen) atoms. The Hall–Kier alpha value is -3.30. The number of aliphatic carboxylic acids is 1. The van der Waals surface area contributed by atoms with Crippen LogP contribution in [0, 0.1) is 0 Å². The lowest BCUT2D eigenvalue weighted by Gasteiger charge is -2.22. The van der Waals surface area contributed by atoms with E-state index in [9.17, 15) is 18.0 Å². The van der Waals surface area contributed by atoms with Crippen molar-refractivity contribution in [2.75, 3.05) is 24.5 Å². The molecule has 0 unspecified atom stereocenters. The first-order valence-electron chi connectivity index (χ1n) is 8.65. The van der Waals surface area contributed by atoms with Gasteiger partial charge in [-0.05, 0) is 18.2 Å². The summed E-state index contributed by atoms with van der Waals surface area (Å²) in [5.74, 6) is -1.75. The largest absolute Gasteiger partial charge is 0.490 e. The molecule has 0 aromatic carbocycles. The first kappa shape index (κ1) is 22.0. The van der Waals surface area contributed by atoms with E-state index in [1.807, 2.05) is 53.1 Å². The van der Waals surface area contributed by atoms with Gasteiger partial charge in [-0.3, -0.25) is 4.79 Å². The smallest absolute Gasteiger partial charge is 0.475 e. The van der Waals surface area contributed by atoms with Crippen LogP contribution < -0.4 is 4.90 Å². The van der Waals surface area contributed by atoms with Crippen molar-refractivity contribution in [3.8, 4) is 0 Å². The number of fused-ring (bicyclic) bond motifs is 1. The predicted molar refractivity (Wildman–Crippen MR) is 100 cm³/mol. The molecule has 0 saturated carbocycles. The van der Waals surface area contributed by atoms with Gasteiger partial charge in [0.2, 0.25) is 0 Å². The van der Waals surface area contributed by atoms with Gasteiger partial charge in [0.1, 0.15) is 11.5 Å². The van der Waals surface area contributed by atoms with Gasteiger partial charge in [-0.25, -0.2) is 9.78 Å². The summed E-state index contributed by atoms with van der Waals surface area (Å²) in [5, 5.41) is 7.12. The molecule has 3 rings (SSSR count). The standard InChI is InChI=1S/C17H20N4O.C2HF3O2/c1-3-9-20-11-12-21(13-14-6-4-8-18-16(14)20)17(22)15-7-5-10-19(15)2;3-2(4,5)1(6)7/h3-8,10H,1,9,11-13H2,2H3;(H,6,7). The highest BCUT2D eigenvalue weighted by Gasteiger charge is 2.38. The summed E-state index contributed by atoms with van der Waals surface area (Å²) in [6.45, 7) is 6.56. The number of halogens is 3. The maximum Gasteiger partial charge on any atom is 0.490 e. The lowest BCUT2D eigenvalue weighted by molar-refractivity contribution is -0.192. The quantitative estimate of drug-likeness (QED) is 0.788. The van der Waals surface area contributed by atoms with E-state index in [2.05, 4.69) is 16.5 Å². The van der Waals surface area contributed by atoms with E-state index in [1.165, 1.54) is 0 Å². The highest BCUT2D eigenvalue weighted by Crippen LogP contribution is 2.23. The Balaban J connectivity index is 0.000000370. The molecule has 1 aliphatic heterocycles. The van der Waals surface area contributed by atoms with Gasteiger partial charge in [-0.2, -0.15) is 13.2 Å². The first-order chi connectivity index (χ1) is 13.6. The highest BCUT2D eigenvalue weighted by atomic mass is 19.4. The second-order valence-corrected chi connectivity index (χ2v) is 6.25. The Morgan fingerprint density at radius 3 is 2.52 bits per heavy atom. The van der Waals surface area contributed by atoms with Crippen LogP contribution in [0.15, 0.2) is 49.3 Å². The number of amides is 1. The molecule has 3 heterocycles. The van der Waals surface area contributed by atoms with Crippen molar-refractivity contribution in [1.29, 1.82) is 0 Å². The van der Waals surface area contributed by atoms with Gasteiger partial charge in [0.15, 0.2) is 0 Å². The second kappa shape index (κ2) is 9.26. The van der Waals surface area contributed by atoms with Crippen molar-refractivity contribution < 1.29 is 27.9 Å². The zero-order valence-electron chi connectivity index (χ0n) is 15.8. The van der Waals surface area contributed by atoms with Crippen molar-refractivity contribution in [2.24, 2.45) is 7.05 Å². The van der Waals surface area contributed by atoms with Gasteiger partial charge in [0.05, 0.1) is 0 Å². The van der Waals surface area contributed by atoms with E-state index < -0.39 is 12.1 Å². The highest BCUT2D eigenvalue weighted by molar-refractivity contribution is 5.93. The number of carboxylic acids is 1. The molecule has 0 fully saturated rings. The van der Waals surface area contributed by atoms with Gasteiger partial charge in [-0.1, -0.05) is 12.1 Å². The molecule has 0 aliphatic carbocycles. The van der Waals surface area contributed by atoms with Crippen LogP contribution in [0.4, 0.5) is 19.0 Å². The van der Waals surface area contributed by atoms with Crippen molar-refractivity contribution in [1.82, 2.24) is 14.5 Å². The van der Waals surface area contributed by atoms with Crippen LogP contribution in [0.3, 0.4) is 0 Å². The summed E-state index contributed by atoms with van der Waals surface area (Å²) in [4.78, 5) is 30.2. The maximum atomic E-state index is 12.8. The van der Waals surface area contributed by atoms with Gasteiger partial charge in [0.25, 0.3) is 5.91 Å². The van der Waals surface area contributed by atoms with Crippen LogP contribution in [-0.4, -0.2) is 57.2 Å². The molecule has 2 aromatic rings. The SMILES string of the molecule is C=CCN1CCN(C(=O)c2cccn2C)Cc2cccnc21.O=C(O)C(F)(F)F. The third-order valence-electron chi connectivity index (χ3n) is 4.21. The Morgan fingerprint density at radius 1 is 1.28 bits per heavy atom. The monoisotopic (exact) mass is 410 g/mol. The molecule has 156 valence electrons. The lowest BCUT2D eigenvalue weighted by atomic mass is 10.2. The van der Waals surface area contributed by atoms with Crippen molar-refractivity contribution in [3.05, 3.63) is 60.6 Å². The maximum absolute atomic E-state index is 12.8. The number of anilines is 1.